The largest absolute Gasteiger partial charge is 0.496 e. The zero-order valence-corrected chi connectivity index (χ0v) is 23.9. The zero-order chi connectivity index (χ0) is 27.3. The quantitative estimate of drug-likeness (QED) is 0.250. The number of methoxy groups -OCH3 is 1. The summed E-state index contributed by atoms with van der Waals surface area (Å²) in [6, 6.07) is 11.8. The lowest BCUT2D eigenvalue weighted by molar-refractivity contribution is 0.0979. The summed E-state index contributed by atoms with van der Waals surface area (Å²) in [7, 11) is 1.75. The third-order valence-electron chi connectivity index (χ3n) is 8.96. The van der Waals surface area contributed by atoms with Crippen molar-refractivity contribution in [2.45, 2.75) is 70.4 Å². The minimum absolute atomic E-state index is 0.137. The maximum Gasteiger partial charge on any atom is 0.146 e. The lowest BCUT2D eigenvalue weighted by atomic mass is 9.97. The number of rotatable bonds is 9. The van der Waals surface area contributed by atoms with Gasteiger partial charge in [-0.2, -0.15) is 0 Å². The Balaban J connectivity index is 1.23. The van der Waals surface area contributed by atoms with Crippen LogP contribution in [0.3, 0.4) is 0 Å². The number of piperidine rings is 1. The van der Waals surface area contributed by atoms with Crippen molar-refractivity contribution in [2.75, 3.05) is 56.7 Å². The van der Waals surface area contributed by atoms with Crippen LogP contribution in [0.2, 0.25) is 0 Å². The molecule has 1 N–H and O–H groups in total. The van der Waals surface area contributed by atoms with Crippen LogP contribution in [0.5, 0.6) is 5.75 Å². The van der Waals surface area contributed by atoms with Gasteiger partial charge < -0.3 is 24.6 Å². The zero-order valence-electron chi connectivity index (χ0n) is 23.9. The third-order valence-corrected chi connectivity index (χ3v) is 8.96. The van der Waals surface area contributed by atoms with E-state index in [0.29, 0.717) is 18.3 Å². The Morgan fingerprint density at radius 2 is 1.77 bits per heavy atom. The first-order chi connectivity index (χ1) is 19.7. The van der Waals surface area contributed by atoms with Crippen molar-refractivity contribution in [1.82, 2.24) is 9.88 Å². The van der Waals surface area contributed by atoms with Crippen LogP contribution >= 0.6 is 0 Å². The molecule has 1 aromatic heterocycles. The van der Waals surface area contributed by atoms with Crippen molar-refractivity contribution in [3.8, 4) is 5.75 Å². The van der Waals surface area contributed by atoms with E-state index in [1.165, 1.54) is 62.1 Å². The fraction of sp³-hybridized carbons (Fsp3) is 0.545. The van der Waals surface area contributed by atoms with E-state index in [-0.39, 0.29) is 5.82 Å². The maximum absolute atomic E-state index is 14.4. The molecule has 6 rings (SSSR count). The SMILES string of the molecule is COc1cc2c(NC3CCN(c4ccccc4F)CC3)c3c(nc2cc1COCCN1CCCC1)CCCCC3. The Bertz CT molecular complexity index is 1300. The number of ether oxygens (including phenoxy) is 2. The second-order valence-electron chi connectivity index (χ2n) is 11.6. The first kappa shape index (κ1) is 27.3. The van der Waals surface area contributed by atoms with Crippen LogP contribution in [0, 0.1) is 5.82 Å². The average Bonchev–Trinajstić information content (AvgIpc) is 3.39. The van der Waals surface area contributed by atoms with E-state index in [4.69, 9.17) is 14.5 Å². The number of hydrogen-bond donors (Lipinski definition) is 1. The Kier molecular flexibility index (Phi) is 8.68. The number of nitrogens with one attached hydrogen (secondary N) is 1. The topological polar surface area (TPSA) is 49.9 Å². The van der Waals surface area contributed by atoms with Gasteiger partial charge in [0.2, 0.25) is 0 Å². The molecule has 1 aliphatic carbocycles. The fourth-order valence-corrected chi connectivity index (χ4v) is 6.70. The number of benzene rings is 2. The van der Waals surface area contributed by atoms with Crippen molar-refractivity contribution in [2.24, 2.45) is 0 Å². The van der Waals surface area contributed by atoms with Crippen molar-refractivity contribution >= 4 is 22.3 Å². The van der Waals surface area contributed by atoms with Gasteiger partial charge in [-0.05, 0) is 94.3 Å². The van der Waals surface area contributed by atoms with Crippen molar-refractivity contribution in [3.05, 3.63) is 59.0 Å². The second-order valence-corrected chi connectivity index (χ2v) is 11.6. The summed E-state index contributed by atoms with van der Waals surface area (Å²) in [4.78, 5) is 9.87. The lowest BCUT2D eigenvalue weighted by Crippen LogP contribution is -2.39. The molecule has 0 amide bonds. The molecule has 6 nitrogen and oxygen atoms in total. The highest BCUT2D eigenvalue weighted by molar-refractivity contribution is 5.95. The third kappa shape index (κ3) is 6.06. The molecule has 40 heavy (non-hydrogen) atoms. The number of hydrogen-bond acceptors (Lipinski definition) is 6. The normalized spacial score (nSPS) is 18.6. The molecule has 2 saturated heterocycles. The van der Waals surface area contributed by atoms with Crippen molar-refractivity contribution < 1.29 is 13.9 Å². The summed E-state index contributed by atoms with van der Waals surface area (Å²) in [5, 5.41) is 5.10. The average molecular weight is 547 g/mol. The minimum atomic E-state index is -0.137. The molecule has 0 atom stereocenters. The smallest absolute Gasteiger partial charge is 0.146 e. The van der Waals surface area contributed by atoms with Gasteiger partial charge in [0.1, 0.15) is 11.6 Å². The maximum atomic E-state index is 14.4. The predicted molar refractivity (Wildman–Crippen MR) is 160 cm³/mol. The Labute approximate surface area is 237 Å². The molecule has 2 aliphatic heterocycles. The number of aryl methyl sites for hydroxylation is 1. The van der Waals surface area contributed by atoms with Crippen LogP contribution in [-0.4, -0.2) is 62.4 Å². The molecule has 0 spiro atoms. The number of anilines is 2. The van der Waals surface area contributed by atoms with Crippen LogP contribution in [0.25, 0.3) is 10.9 Å². The van der Waals surface area contributed by atoms with E-state index in [1.807, 2.05) is 12.1 Å². The molecule has 7 heteroatoms. The number of aromatic nitrogens is 1. The molecule has 2 fully saturated rings. The molecular weight excluding hydrogens is 503 g/mol. The molecule has 0 saturated carbocycles. The fourth-order valence-electron chi connectivity index (χ4n) is 6.70. The van der Waals surface area contributed by atoms with Gasteiger partial charge >= 0.3 is 0 Å². The van der Waals surface area contributed by atoms with E-state index in [2.05, 4.69) is 27.2 Å². The van der Waals surface area contributed by atoms with Gasteiger partial charge in [0, 0.05) is 48.0 Å². The summed E-state index contributed by atoms with van der Waals surface area (Å²) in [6.07, 6.45) is 10.2. The summed E-state index contributed by atoms with van der Waals surface area (Å²) >= 11 is 0. The van der Waals surface area contributed by atoms with Crippen LogP contribution in [0.4, 0.5) is 15.8 Å². The molecule has 0 bridgehead atoms. The molecule has 2 aromatic carbocycles. The summed E-state index contributed by atoms with van der Waals surface area (Å²) in [5.74, 6) is 0.726. The van der Waals surface area contributed by atoms with Gasteiger partial charge in [-0.15, -0.1) is 0 Å². The van der Waals surface area contributed by atoms with Crippen LogP contribution in [0.15, 0.2) is 36.4 Å². The van der Waals surface area contributed by atoms with Gasteiger partial charge in [0.25, 0.3) is 0 Å². The first-order valence-corrected chi connectivity index (χ1v) is 15.3. The molecule has 214 valence electrons. The molecule has 0 radical (unpaired) electrons. The van der Waals surface area contributed by atoms with E-state index in [1.54, 1.807) is 19.2 Å². The van der Waals surface area contributed by atoms with Gasteiger partial charge in [0.15, 0.2) is 0 Å². The Morgan fingerprint density at radius 1 is 0.975 bits per heavy atom. The summed E-state index contributed by atoms with van der Waals surface area (Å²) in [6.45, 7) is 6.31. The number of pyridine rings is 1. The van der Waals surface area contributed by atoms with Crippen molar-refractivity contribution in [1.29, 1.82) is 0 Å². The standard InChI is InChI=1S/C33H43FN4O2/c1-39-32-22-27-30(21-24(32)23-40-20-19-37-15-7-8-16-37)36-29-11-4-2-3-9-26(29)33(27)35-25-13-17-38(18-14-25)31-12-6-5-10-28(31)34/h5-6,10,12,21-22,25H,2-4,7-9,11,13-20,23H2,1H3,(H,35,36). The van der Waals surface area contributed by atoms with Crippen molar-refractivity contribution in [3.63, 3.8) is 0 Å². The lowest BCUT2D eigenvalue weighted by Gasteiger charge is -2.35. The Morgan fingerprint density at radius 3 is 2.58 bits per heavy atom. The number of para-hydroxylation sites is 1. The summed E-state index contributed by atoms with van der Waals surface area (Å²) in [5.41, 5.74) is 6.63. The van der Waals surface area contributed by atoms with E-state index < -0.39 is 0 Å². The van der Waals surface area contributed by atoms with Crippen LogP contribution < -0.4 is 15.0 Å². The number of halogens is 1. The number of likely N-dealkylation sites (tertiary alicyclic amines) is 1. The molecule has 3 aliphatic rings. The monoisotopic (exact) mass is 546 g/mol. The van der Waals surface area contributed by atoms with Gasteiger partial charge in [0.05, 0.1) is 31.5 Å². The first-order valence-electron chi connectivity index (χ1n) is 15.3. The van der Waals surface area contributed by atoms with E-state index >= 15 is 0 Å². The van der Waals surface area contributed by atoms with Gasteiger partial charge in [-0.1, -0.05) is 18.6 Å². The highest BCUT2D eigenvalue weighted by Crippen LogP contribution is 2.38. The minimum Gasteiger partial charge on any atom is -0.496 e. The molecule has 0 unspecified atom stereocenters. The number of nitrogens with zero attached hydrogens (tertiary/aromatic N) is 3. The van der Waals surface area contributed by atoms with Gasteiger partial charge in [-0.25, -0.2) is 4.39 Å². The highest BCUT2D eigenvalue weighted by atomic mass is 19.1. The summed E-state index contributed by atoms with van der Waals surface area (Å²) < 4.78 is 26.4. The van der Waals surface area contributed by atoms with Crippen LogP contribution in [-0.2, 0) is 24.2 Å². The Hall–Kier alpha value is -2.90. The predicted octanol–water partition coefficient (Wildman–Crippen LogP) is 6.34. The van der Waals surface area contributed by atoms with E-state index in [9.17, 15) is 4.39 Å². The van der Waals surface area contributed by atoms with Crippen LogP contribution in [0.1, 0.15) is 61.8 Å². The van der Waals surface area contributed by atoms with E-state index in [0.717, 1.165) is 74.1 Å². The highest BCUT2D eigenvalue weighted by Gasteiger charge is 2.25. The second kappa shape index (κ2) is 12.7. The molecule has 3 heterocycles. The molecular formula is C33H43FN4O2. The molecule has 3 aromatic rings. The number of fused-ring (bicyclic) bond motifs is 2. The van der Waals surface area contributed by atoms with Gasteiger partial charge in [-0.3, -0.25) is 4.98 Å².